The van der Waals surface area contributed by atoms with Gasteiger partial charge in [0.1, 0.15) is 5.92 Å². The maximum absolute atomic E-state index is 12.6. The third kappa shape index (κ3) is 8.27. The molecule has 0 fully saturated rings. The first-order valence-electron chi connectivity index (χ1n) is 8.95. The molecule has 0 unspecified atom stereocenters. The number of carbonyl (C=O) groups excluding carboxylic acids is 2. The first kappa shape index (κ1) is 22.7. The number of phenolic OH excluding ortho intramolecular Hbond substituents is 1. The Hall–Kier alpha value is -2.32. The fourth-order valence-corrected chi connectivity index (χ4v) is 2.44. The average molecular weight is 380 g/mol. The topological polar surface area (TPSA) is 94.1 Å². The van der Waals surface area contributed by atoms with Crippen LogP contribution in [0.15, 0.2) is 18.2 Å². The third-order valence-corrected chi connectivity index (χ3v) is 4.03. The van der Waals surface area contributed by atoms with Crippen molar-refractivity contribution in [2.75, 3.05) is 61.5 Å². The SMILES string of the molecule is COc1cc(CC(C(=O)NCCN(C)C)C(=O)NCCN(C)C)ccc1O. The van der Waals surface area contributed by atoms with Crippen LogP contribution in [-0.2, 0) is 16.0 Å². The smallest absolute Gasteiger partial charge is 0.232 e. The average Bonchev–Trinajstić information content (AvgIpc) is 2.59. The van der Waals surface area contributed by atoms with E-state index >= 15 is 0 Å². The molecule has 8 heteroatoms. The van der Waals surface area contributed by atoms with Crippen molar-refractivity contribution in [2.45, 2.75) is 6.42 Å². The van der Waals surface area contributed by atoms with Crippen molar-refractivity contribution in [3.8, 4) is 11.5 Å². The van der Waals surface area contributed by atoms with Gasteiger partial charge in [-0.15, -0.1) is 0 Å². The molecule has 0 aromatic heterocycles. The van der Waals surface area contributed by atoms with Crippen LogP contribution in [0.5, 0.6) is 11.5 Å². The Morgan fingerprint density at radius 3 is 2.00 bits per heavy atom. The summed E-state index contributed by atoms with van der Waals surface area (Å²) in [5.74, 6) is -1.16. The molecule has 152 valence electrons. The van der Waals surface area contributed by atoms with Gasteiger partial charge in [-0.05, 0) is 52.3 Å². The largest absolute Gasteiger partial charge is 0.504 e. The molecule has 1 rings (SSSR count). The van der Waals surface area contributed by atoms with E-state index < -0.39 is 5.92 Å². The lowest BCUT2D eigenvalue weighted by Gasteiger charge is -2.19. The van der Waals surface area contributed by atoms with Crippen molar-refractivity contribution < 1.29 is 19.4 Å². The minimum Gasteiger partial charge on any atom is -0.504 e. The highest BCUT2D eigenvalue weighted by molar-refractivity contribution is 6.00. The highest BCUT2D eigenvalue weighted by Crippen LogP contribution is 2.27. The number of ether oxygens (including phenoxy) is 1. The van der Waals surface area contributed by atoms with Crippen molar-refractivity contribution in [1.82, 2.24) is 20.4 Å². The molecule has 1 aromatic rings. The van der Waals surface area contributed by atoms with Crippen molar-refractivity contribution in [2.24, 2.45) is 5.92 Å². The van der Waals surface area contributed by atoms with Crippen molar-refractivity contribution in [3.05, 3.63) is 23.8 Å². The predicted octanol–water partition coefficient (Wildman–Crippen LogP) is -0.0849. The lowest BCUT2D eigenvalue weighted by atomic mass is 9.97. The van der Waals surface area contributed by atoms with Gasteiger partial charge >= 0.3 is 0 Å². The molecule has 2 amide bonds. The van der Waals surface area contributed by atoms with E-state index in [1.807, 2.05) is 38.0 Å². The maximum atomic E-state index is 12.6. The molecule has 3 N–H and O–H groups in total. The van der Waals surface area contributed by atoms with Crippen molar-refractivity contribution >= 4 is 11.8 Å². The molecule has 1 aromatic carbocycles. The van der Waals surface area contributed by atoms with Gasteiger partial charge in [0.2, 0.25) is 11.8 Å². The number of rotatable bonds is 11. The second kappa shape index (κ2) is 11.4. The summed E-state index contributed by atoms with van der Waals surface area (Å²) in [6.45, 7) is 2.31. The molecule has 0 radical (unpaired) electrons. The van der Waals surface area contributed by atoms with Gasteiger partial charge in [0, 0.05) is 26.2 Å². The van der Waals surface area contributed by atoms with Crippen LogP contribution in [-0.4, -0.2) is 88.2 Å². The Kier molecular flexibility index (Phi) is 9.60. The van der Waals surface area contributed by atoms with E-state index in [0.29, 0.717) is 31.9 Å². The monoisotopic (exact) mass is 380 g/mol. The first-order chi connectivity index (χ1) is 12.7. The molecular weight excluding hydrogens is 348 g/mol. The first-order valence-corrected chi connectivity index (χ1v) is 8.95. The summed E-state index contributed by atoms with van der Waals surface area (Å²) < 4.78 is 5.11. The summed E-state index contributed by atoms with van der Waals surface area (Å²) in [7, 11) is 9.12. The van der Waals surface area contributed by atoms with Crippen LogP contribution in [0.1, 0.15) is 5.56 Å². The van der Waals surface area contributed by atoms with Gasteiger partial charge in [0.05, 0.1) is 7.11 Å². The normalized spacial score (nSPS) is 11.1. The molecule has 0 spiro atoms. The van der Waals surface area contributed by atoms with Gasteiger partial charge < -0.3 is 30.3 Å². The number of hydrogen-bond donors (Lipinski definition) is 3. The van der Waals surface area contributed by atoms with E-state index in [0.717, 1.165) is 5.56 Å². The van der Waals surface area contributed by atoms with Gasteiger partial charge in [-0.25, -0.2) is 0 Å². The molecule has 0 bridgehead atoms. The fourth-order valence-electron chi connectivity index (χ4n) is 2.44. The number of amides is 2. The third-order valence-electron chi connectivity index (χ3n) is 4.03. The Morgan fingerprint density at radius 2 is 1.56 bits per heavy atom. The summed E-state index contributed by atoms with van der Waals surface area (Å²) >= 11 is 0. The molecule has 8 nitrogen and oxygen atoms in total. The second-order valence-electron chi connectivity index (χ2n) is 6.95. The summed E-state index contributed by atoms with van der Waals surface area (Å²) in [6, 6.07) is 4.83. The number of nitrogens with zero attached hydrogens (tertiary/aromatic N) is 2. The molecular formula is C19H32N4O4. The zero-order valence-corrected chi connectivity index (χ0v) is 16.9. The molecule has 0 saturated carbocycles. The number of hydrogen-bond acceptors (Lipinski definition) is 6. The maximum Gasteiger partial charge on any atom is 0.232 e. The van der Waals surface area contributed by atoms with E-state index in [1.54, 1.807) is 12.1 Å². The van der Waals surface area contributed by atoms with E-state index in [2.05, 4.69) is 10.6 Å². The zero-order chi connectivity index (χ0) is 20.4. The number of aromatic hydroxyl groups is 1. The highest BCUT2D eigenvalue weighted by Gasteiger charge is 2.27. The number of phenols is 1. The number of benzene rings is 1. The van der Waals surface area contributed by atoms with Gasteiger partial charge in [0.25, 0.3) is 0 Å². The van der Waals surface area contributed by atoms with E-state index in [9.17, 15) is 14.7 Å². The van der Waals surface area contributed by atoms with Crippen LogP contribution in [0, 0.1) is 5.92 Å². The number of methoxy groups -OCH3 is 1. The van der Waals surface area contributed by atoms with E-state index in [4.69, 9.17) is 4.74 Å². The number of carbonyl (C=O) groups is 2. The van der Waals surface area contributed by atoms with Crippen LogP contribution < -0.4 is 15.4 Å². The van der Waals surface area contributed by atoms with Crippen LogP contribution in [0.2, 0.25) is 0 Å². The minimum absolute atomic E-state index is 0.0173. The van der Waals surface area contributed by atoms with Gasteiger partial charge in [0.15, 0.2) is 11.5 Å². The Labute approximate surface area is 161 Å². The molecule has 0 heterocycles. The number of likely N-dealkylation sites (N-methyl/N-ethyl adjacent to an activating group) is 2. The van der Waals surface area contributed by atoms with Gasteiger partial charge in [-0.2, -0.15) is 0 Å². The number of nitrogens with one attached hydrogen (secondary N) is 2. The zero-order valence-electron chi connectivity index (χ0n) is 16.9. The summed E-state index contributed by atoms with van der Waals surface area (Å²) in [4.78, 5) is 29.1. The van der Waals surface area contributed by atoms with Crippen LogP contribution in [0.3, 0.4) is 0 Å². The van der Waals surface area contributed by atoms with Crippen molar-refractivity contribution in [1.29, 1.82) is 0 Å². The molecule has 0 aliphatic carbocycles. The Morgan fingerprint density at radius 1 is 1.04 bits per heavy atom. The summed E-state index contributed by atoms with van der Waals surface area (Å²) in [5.41, 5.74) is 0.736. The molecule has 0 aliphatic rings. The fraction of sp³-hybridized carbons (Fsp3) is 0.579. The van der Waals surface area contributed by atoms with Crippen molar-refractivity contribution in [3.63, 3.8) is 0 Å². The standard InChI is InChI=1S/C19H32N4O4/c1-22(2)10-8-20-18(25)15(19(26)21-9-11-23(3)4)12-14-6-7-16(24)17(13-14)27-5/h6-7,13,15,24H,8-12H2,1-5H3,(H,20,25)(H,21,26). The molecule has 0 saturated heterocycles. The minimum atomic E-state index is -0.858. The summed E-state index contributed by atoms with van der Waals surface area (Å²) in [6.07, 6.45) is 0.220. The van der Waals surface area contributed by atoms with Gasteiger partial charge in [-0.1, -0.05) is 6.07 Å². The van der Waals surface area contributed by atoms with E-state index in [1.165, 1.54) is 13.2 Å². The van der Waals surface area contributed by atoms with Crippen LogP contribution in [0.4, 0.5) is 0 Å². The van der Waals surface area contributed by atoms with Crippen LogP contribution >= 0.6 is 0 Å². The van der Waals surface area contributed by atoms with E-state index in [-0.39, 0.29) is 24.0 Å². The lowest BCUT2D eigenvalue weighted by Crippen LogP contribution is -2.45. The molecule has 27 heavy (non-hydrogen) atoms. The predicted molar refractivity (Wildman–Crippen MR) is 105 cm³/mol. The second-order valence-corrected chi connectivity index (χ2v) is 6.95. The molecule has 0 aliphatic heterocycles. The quantitative estimate of drug-likeness (QED) is 0.465. The van der Waals surface area contributed by atoms with Crippen LogP contribution in [0.25, 0.3) is 0 Å². The Balaban J connectivity index is 2.85. The lowest BCUT2D eigenvalue weighted by molar-refractivity contribution is -0.135. The molecule has 0 atom stereocenters. The summed E-state index contributed by atoms with van der Waals surface area (Å²) in [5, 5.41) is 15.4. The van der Waals surface area contributed by atoms with Gasteiger partial charge in [-0.3, -0.25) is 9.59 Å². The Bertz CT molecular complexity index is 594. The highest BCUT2D eigenvalue weighted by atomic mass is 16.5.